The van der Waals surface area contributed by atoms with Gasteiger partial charge in [0.25, 0.3) is 0 Å². The van der Waals surface area contributed by atoms with Crippen LogP contribution in [-0.4, -0.2) is 31.7 Å². The number of halogens is 2. The Morgan fingerprint density at radius 3 is 2.34 bits per heavy atom. The van der Waals surface area contributed by atoms with Gasteiger partial charge in [0, 0.05) is 19.5 Å². The van der Waals surface area contributed by atoms with Gasteiger partial charge in [-0.2, -0.15) is 4.31 Å². The Morgan fingerprint density at radius 2 is 1.72 bits per heavy atom. The molecule has 5 nitrogen and oxygen atoms in total. The van der Waals surface area contributed by atoms with Gasteiger partial charge in [0.2, 0.25) is 15.9 Å². The van der Waals surface area contributed by atoms with Crippen LogP contribution in [-0.2, 0) is 21.2 Å². The van der Waals surface area contributed by atoms with Crippen molar-refractivity contribution < 1.29 is 22.0 Å². The van der Waals surface area contributed by atoms with E-state index in [4.69, 9.17) is 0 Å². The van der Waals surface area contributed by atoms with Crippen LogP contribution in [0, 0.1) is 11.6 Å². The minimum atomic E-state index is -3.44. The van der Waals surface area contributed by atoms with Crippen molar-refractivity contribution in [3.63, 3.8) is 0 Å². The maximum absolute atomic E-state index is 13.3. The molecule has 1 fully saturated rings. The molecule has 8 heteroatoms. The highest BCUT2D eigenvalue weighted by atomic mass is 32.2. The first-order valence-electron chi connectivity index (χ1n) is 9.61. The van der Waals surface area contributed by atoms with Crippen molar-refractivity contribution in [2.75, 3.05) is 13.1 Å². The second-order valence-electron chi connectivity index (χ2n) is 7.22. The SMILES string of the molecule is CC(NC(=O)CCc1ccc(S(=O)(=O)N2CCCC2)cc1)c1ccc(F)c(F)c1. The van der Waals surface area contributed by atoms with E-state index in [0.29, 0.717) is 25.1 Å². The molecule has 2 aromatic carbocycles. The van der Waals surface area contributed by atoms with Gasteiger partial charge in [-0.05, 0) is 61.6 Å². The molecule has 0 bridgehead atoms. The van der Waals surface area contributed by atoms with Crippen LogP contribution in [0.5, 0.6) is 0 Å². The lowest BCUT2D eigenvalue weighted by atomic mass is 10.1. The molecular formula is C21H24F2N2O3S. The van der Waals surface area contributed by atoms with Crippen molar-refractivity contribution in [3.05, 3.63) is 65.2 Å². The number of hydrogen-bond donors (Lipinski definition) is 1. The van der Waals surface area contributed by atoms with Crippen molar-refractivity contribution in [2.24, 2.45) is 0 Å². The molecule has 1 saturated heterocycles. The van der Waals surface area contributed by atoms with Crippen LogP contribution in [0.4, 0.5) is 8.78 Å². The van der Waals surface area contributed by atoms with E-state index < -0.39 is 27.7 Å². The van der Waals surface area contributed by atoms with E-state index in [1.54, 1.807) is 31.2 Å². The molecular weight excluding hydrogens is 398 g/mol. The predicted molar refractivity (Wildman–Crippen MR) is 106 cm³/mol. The maximum atomic E-state index is 13.3. The van der Waals surface area contributed by atoms with Gasteiger partial charge in [-0.3, -0.25) is 4.79 Å². The monoisotopic (exact) mass is 422 g/mol. The summed E-state index contributed by atoms with van der Waals surface area (Å²) in [6.45, 7) is 2.81. The van der Waals surface area contributed by atoms with Crippen molar-refractivity contribution in [1.82, 2.24) is 9.62 Å². The molecule has 0 aromatic heterocycles. The highest BCUT2D eigenvalue weighted by Gasteiger charge is 2.26. The van der Waals surface area contributed by atoms with Gasteiger partial charge in [0.15, 0.2) is 11.6 Å². The molecule has 156 valence electrons. The van der Waals surface area contributed by atoms with E-state index in [0.717, 1.165) is 30.5 Å². The average molecular weight is 422 g/mol. The molecule has 1 atom stereocenters. The highest BCUT2D eigenvalue weighted by Crippen LogP contribution is 2.21. The summed E-state index contributed by atoms with van der Waals surface area (Å²) in [6, 6.07) is 9.67. The quantitative estimate of drug-likeness (QED) is 0.742. The zero-order valence-electron chi connectivity index (χ0n) is 16.2. The normalized spacial score (nSPS) is 16.0. The van der Waals surface area contributed by atoms with Gasteiger partial charge in [-0.25, -0.2) is 17.2 Å². The molecule has 1 N–H and O–H groups in total. The summed E-state index contributed by atoms with van der Waals surface area (Å²) in [5.74, 6) is -2.11. The lowest BCUT2D eigenvalue weighted by Gasteiger charge is -2.16. The van der Waals surface area contributed by atoms with Crippen molar-refractivity contribution >= 4 is 15.9 Å². The van der Waals surface area contributed by atoms with Gasteiger partial charge in [0.05, 0.1) is 10.9 Å². The van der Waals surface area contributed by atoms with Crippen LogP contribution >= 0.6 is 0 Å². The zero-order chi connectivity index (χ0) is 21.0. The fourth-order valence-electron chi connectivity index (χ4n) is 3.34. The number of nitrogens with zero attached hydrogens (tertiary/aromatic N) is 1. The van der Waals surface area contributed by atoms with E-state index in [9.17, 15) is 22.0 Å². The number of nitrogens with one attached hydrogen (secondary N) is 1. The molecule has 3 rings (SSSR count). The number of rotatable bonds is 7. The number of carbonyl (C=O) groups is 1. The Morgan fingerprint density at radius 1 is 1.07 bits per heavy atom. The molecule has 29 heavy (non-hydrogen) atoms. The van der Waals surface area contributed by atoms with Gasteiger partial charge >= 0.3 is 0 Å². The van der Waals surface area contributed by atoms with Crippen LogP contribution in [0.3, 0.4) is 0 Å². The summed E-state index contributed by atoms with van der Waals surface area (Å²) >= 11 is 0. The number of hydrogen-bond acceptors (Lipinski definition) is 3. The molecule has 0 saturated carbocycles. The van der Waals surface area contributed by atoms with E-state index in [1.807, 2.05) is 0 Å². The lowest BCUT2D eigenvalue weighted by Crippen LogP contribution is -2.28. The summed E-state index contributed by atoms with van der Waals surface area (Å²) in [7, 11) is -3.44. The second-order valence-corrected chi connectivity index (χ2v) is 9.16. The van der Waals surface area contributed by atoms with E-state index in [-0.39, 0.29) is 17.2 Å². The summed E-state index contributed by atoms with van der Waals surface area (Å²) in [6.07, 6.45) is 2.41. The third-order valence-corrected chi connectivity index (χ3v) is 7.00. The molecule has 0 aliphatic carbocycles. The first-order chi connectivity index (χ1) is 13.8. The fourth-order valence-corrected chi connectivity index (χ4v) is 4.86. The first kappa shape index (κ1) is 21.4. The van der Waals surface area contributed by atoms with E-state index in [2.05, 4.69) is 5.32 Å². The molecule has 0 radical (unpaired) electrons. The Bertz CT molecular complexity index is 972. The minimum Gasteiger partial charge on any atom is -0.350 e. The number of aryl methyl sites for hydroxylation is 1. The van der Waals surface area contributed by atoms with Gasteiger partial charge < -0.3 is 5.32 Å². The number of amides is 1. The summed E-state index contributed by atoms with van der Waals surface area (Å²) in [5, 5.41) is 2.76. The Kier molecular flexibility index (Phi) is 6.64. The van der Waals surface area contributed by atoms with Crippen LogP contribution in [0.25, 0.3) is 0 Å². The number of benzene rings is 2. The standard InChI is InChI=1S/C21H24F2N2O3S/c1-15(17-7-10-19(22)20(23)14-17)24-21(26)11-6-16-4-8-18(9-5-16)29(27,28)25-12-2-3-13-25/h4-5,7-10,14-15H,2-3,6,11-13H2,1H3,(H,24,26). The molecule has 0 spiro atoms. The third kappa shape index (κ3) is 5.19. The lowest BCUT2D eigenvalue weighted by molar-refractivity contribution is -0.121. The Balaban J connectivity index is 1.54. The largest absolute Gasteiger partial charge is 0.350 e. The van der Waals surface area contributed by atoms with Crippen LogP contribution in [0.2, 0.25) is 0 Å². The minimum absolute atomic E-state index is 0.201. The average Bonchev–Trinajstić information content (AvgIpc) is 3.24. The summed E-state index contributed by atoms with van der Waals surface area (Å²) < 4.78 is 52.9. The smallest absolute Gasteiger partial charge is 0.243 e. The highest BCUT2D eigenvalue weighted by molar-refractivity contribution is 7.89. The fraction of sp³-hybridized carbons (Fsp3) is 0.381. The van der Waals surface area contributed by atoms with E-state index >= 15 is 0 Å². The topological polar surface area (TPSA) is 66.5 Å². The number of sulfonamides is 1. The predicted octanol–water partition coefficient (Wildman–Crippen LogP) is 3.56. The second kappa shape index (κ2) is 9.00. The Hall–Kier alpha value is -2.32. The molecule has 1 heterocycles. The number of carbonyl (C=O) groups excluding carboxylic acids is 1. The van der Waals surface area contributed by atoms with Crippen LogP contribution < -0.4 is 5.32 Å². The van der Waals surface area contributed by atoms with Gasteiger partial charge in [0.1, 0.15) is 0 Å². The molecule has 1 amide bonds. The molecule has 1 aliphatic rings. The summed E-state index contributed by atoms with van der Waals surface area (Å²) in [5.41, 5.74) is 1.33. The van der Waals surface area contributed by atoms with Crippen molar-refractivity contribution in [3.8, 4) is 0 Å². The van der Waals surface area contributed by atoms with Crippen LogP contribution in [0.15, 0.2) is 47.4 Å². The first-order valence-corrected chi connectivity index (χ1v) is 11.0. The molecule has 1 unspecified atom stereocenters. The van der Waals surface area contributed by atoms with Crippen molar-refractivity contribution in [2.45, 2.75) is 43.5 Å². The van der Waals surface area contributed by atoms with Crippen LogP contribution in [0.1, 0.15) is 43.4 Å². The van der Waals surface area contributed by atoms with Gasteiger partial charge in [-0.15, -0.1) is 0 Å². The Labute approximate surface area is 169 Å². The molecule has 1 aliphatic heterocycles. The van der Waals surface area contributed by atoms with Crippen molar-refractivity contribution in [1.29, 1.82) is 0 Å². The third-order valence-electron chi connectivity index (χ3n) is 5.09. The molecule has 2 aromatic rings. The van der Waals surface area contributed by atoms with E-state index in [1.165, 1.54) is 10.4 Å². The van der Waals surface area contributed by atoms with Gasteiger partial charge in [-0.1, -0.05) is 18.2 Å². The zero-order valence-corrected chi connectivity index (χ0v) is 17.0. The summed E-state index contributed by atoms with van der Waals surface area (Å²) in [4.78, 5) is 12.4. The maximum Gasteiger partial charge on any atom is 0.243 e.